The van der Waals surface area contributed by atoms with E-state index < -0.39 is 14.0 Å². The number of rotatable bonds is 10. The second kappa shape index (κ2) is 14.6. The SMILES string of the molecule is CCCCCCCCC(CO)(CO)CO.OP(O)O. The minimum absolute atomic E-state index is 0.130. The molecule has 6 N–H and O–H groups in total. The molecule has 0 aliphatic rings. The number of aliphatic hydroxyl groups excluding tert-OH is 3. The molecule has 0 aromatic rings. The van der Waals surface area contributed by atoms with E-state index in [4.69, 9.17) is 30.0 Å². The molecule has 0 spiro atoms. The molecule has 0 radical (unpaired) electrons. The molecule has 0 aliphatic heterocycles. The third-order valence-electron chi connectivity index (χ3n) is 3.07. The van der Waals surface area contributed by atoms with Crippen molar-refractivity contribution in [2.24, 2.45) is 5.41 Å². The van der Waals surface area contributed by atoms with Gasteiger partial charge in [0.15, 0.2) is 0 Å². The lowest BCUT2D eigenvalue weighted by molar-refractivity contribution is -0.00229. The second-order valence-corrected chi connectivity index (χ2v) is 5.30. The van der Waals surface area contributed by atoms with Gasteiger partial charge in [-0.2, -0.15) is 0 Å². The van der Waals surface area contributed by atoms with E-state index in [1.807, 2.05) is 0 Å². The first-order chi connectivity index (χ1) is 8.97. The summed E-state index contributed by atoms with van der Waals surface area (Å²) < 4.78 is 0. The Balaban J connectivity index is 0. The fourth-order valence-electron chi connectivity index (χ4n) is 1.67. The van der Waals surface area contributed by atoms with Crippen LogP contribution in [0.5, 0.6) is 0 Å². The standard InChI is InChI=1S/C12H26O3.H3O3P/c1-2-3-4-5-6-7-8-12(9-13,10-14)11-15;1-4(2)3/h13-15H,2-11H2,1H3;1-3H. The normalized spacial score (nSPS) is 11.4. The molecule has 19 heavy (non-hydrogen) atoms. The van der Waals surface area contributed by atoms with Crippen LogP contribution in [-0.2, 0) is 0 Å². The van der Waals surface area contributed by atoms with Gasteiger partial charge in [-0.3, -0.25) is 0 Å². The van der Waals surface area contributed by atoms with Gasteiger partial charge in [-0.15, -0.1) is 0 Å². The van der Waals surface area contributed by atoms with E-state index in [9.17, 15) is 0 Å². The van der Waals surface area contributed by atoms with E-state index in [1.165, 1.54) is 25.7 Å². The number of aliphatic hydroxyl groups is 3. The molecule has 0 aromatic carbocycles. The zero-order chi connectivity index (χ0) is 15.1. The van der Waals surface area contributed by atoms with E-state index in [2.05, 4.69) is 6.92 Å². The monoisotopic (exact) mass is 300 g/mol. The van der Waals surface area contributed by atoms with Crippen molar-refractivity contribution in [2.45, 2.75) is 51.9 Å². The largest absolute Gasteiger partial charge is 0.396 e. The van der Waals surface area contributed by atoms with Crippen molar-refractivity contribution >= 4 is 8.60 Å². The molecule has 0 rings (SSSR count). The zero-order valence-electron chi connectivity index (χ0n) is 11.7. The third-order valence-corrected chi connectivity index (χ3v) is 3.07. The minimum atomic E-state index is -2.62. The van der Waals surface area contributed by atoms with Gasteiger partial charge in [-0.05, 0) is 6.42 Å². The molecular formula is C12H29O6P. The van der Waals surface area contributed by atoms with Crippen LogP contribution in [0.3, 0.4) is 0 Å². The van der Waals surface area contributed by atoms with Gasteiger partial charge >= 0.3 is 8.60 Å². The van der Waals surface area contributed by atoms with Gasteiger partial charge in [0.1, 0.15) is 0 Å². The molecule has 0 heterocycles. The van der Waals surface area contributed by atoms with E-state index in [1.54, 1.807) is 0 Å². The number of unbranched alkanes of at least 4 members (excludes halogenated alkanes) is 5. The molecule has 0 saturated carbocycles. The number of hydrogen-bond donors (Lipinski definition) is 6. The van der Waals surface area contributed by atoms with Crippen LogP contribution >= 0.6 is 8.60 Å². The Kier molecular flexibility index (Phi) is 16.5. The van der Waals surface area contributed by atoms with E-state index in [-0.39, 0.29) is 19.8 Å². The summed E-state index contributed by atoms with van der Waals surface area (Å²) in [5.41, 5.74) is -0.662. The van der Waals surface area contributed by atoms with Gasteiger partial charge in [0.25, 0.3) is 0 Å². The van der Waals surface area contributed by atoms with Crippen LogP contribution < -0.4 is 0 Å². The van der Waals surface area contributed by atoms with Gasteiger partial charge in [0, 0.05) is 5.41 Å². The third kappa shape index (κ3) is 14.4. The van der Waals surface area contributed by atoms with Crippen LogP contribution in [0.1, 0.15) is 51.9 Å². The van der Waals surface area contributed by atoms with Crippen LogP contribution in [0.4, 0.5) is 0 Å². The Morgan fingerprint density at radius 2 is 1.11 bits per heavy atom. The number of hydrogen-bond acceptors (Lipinski definition) is 6. The summed E-state index contributed by atoms with van der Waals surface area (Å²) in [6.07, 6.45) is 7.82. The molecule has 118 valence electrons. The fraction of sp³-hybridized carbons (Fsp3) is 1.00. The van der Waals surface area contributed by atoms with Crippen LogP contribution in [0.15, 0.2) is 0 Å². The Morgan fingerprint density at radius 3 is 1.47 bits per heavy atom. The van der Waals surface area contributed by atoms with Gasteiger partial charge < -0.3 is 30.0 Å². The molecule has 0 bridgehead atoms. The Bertz CT molecular complexity index is 165. The average Bonchev–Trinajstić information content (AvgIpc) is 2.38. The molecule has 0 aromatic heterocycles. The van der Waals surface area contributed by atoms with Gasteiger partial charge in [-0.1, -0.05) is 45.4 Å². The molecular weight excluding hydrogens is 271 g/mol. The molecule has 0 fully saturated rings. The summed E-state index contributed by atoms with van der Waals surface area (Å²) in [6.45, 7) is 1.80. The Labute approximate surface area is 116 Å². The van der Waals surface area contributed by atoms with Crippen LogP contribution in [-0.4, -0.2) is 49.8 Å². The van der Waals surface area contributed by atoms with Crippen molar-refractivity contribution in [2.75, 3.05) is 19.8 Å². The lowest BCUT2D eigenvalue weighted by Gasteiger charge is -2.27. The van der Waals surface area contributed by atoms with Crippen molar-refractivity contribution in [1.82, 2.24) is 0 Å². The van der Waals surface area contributed by atoms with Gasteiger partial charge in [-0.25, -0.2) is 0 Å². The Hall–Kier alpha value is 0.190. The molecule has 0 atom stereocenters. The summed E-state index contributed by atoms with van der Waals surface area (Å²) in [6, 6.07) is 0. The van der Waals surface area contributed by atoms with Crippen molar-refractivity contribution in [3.63, 3.8) is 0 Å². The topological polar surface area (TPSA) is 121 Å². The molecule has 0 aliphatic carbocycles. The average molecular weight is 300 g/mol. The second-order valence-electron chi connectivity index (χ2n) is 4.76. The highest BCUT2D eigenvalue weighted by molar-refractivity contribution is 7.38. The van der Waals surface area contributed by atoms with E-state index >= 15 is 0 Å². The predicted octanol–water partition coefficient (Wildman–Crippen LogP) is 0.890. The smallest absolute Gasteiger partial charge is 0.324 e. The molecule has 0 unspecified atom stereocenters. The van der Waals surface area contributed by atoms with E-state index in [0.29, 0.717) is 6.42 Å². The molecule has 0 amide bonds. The summed E-state index contributed by atoms with van der Waals surface area (Å²) >= 11 is 0. The van der Waals surface area contributed by atoms with Crippen LogP contribution in [0.2, 0.25) is 0 Å². The van der Waals surface area contributed by atoms with Crippen molar-refractivity contribution in [3.8, 4) is 0 Å². The maximum absolute atomic E-state index is 9.10. The summed E-state index contributed by atoms with van der Waals surface area (Å²) in [5, 5.41) is 27.3. The highest BCUT2D eigenvalue weighted by Crippen LogP contribution is 2.23. The van der Waals surface area contributed by atoms with Crippen LogP contribution in [0, 0.1) is 5.41 Å². The first-order valence-corrected chi connectivity index (χ1v) is 7.87. The molecule has 6 nitrogen and oxygen atoms in total. The van der Waals surface area contributed by atoms with Crippen LogP contribution in [0.25, 0.3) is 0 Å². The van der Waals surface area contributed by atoms with Crippen molar-refractivity contribution < 1.29 is 30.0 Å². The fourth-order valence-corrected chi connectivity index (χ4v) is 1.67. The quantitative estimate of drug-likeness (QED) is 0.263. The molecule has 0 saturated heterocycles. The van der Waals surface area contributed by atoms with Gasteiger partial charge in [0.05, 0.1) is 19.8 Å². The van der Waals surface area contributed by atoms with Gasteiger partial charge in [0.2, 0.25) is 0 Å². The summed E-state index contributed by atoms with van der Waals surface area (Å²) in [5.74, 6) is 0. The van der Waals surface area contributed by atoms with Crippen molar-refractivity contribution in [1.29, 1.82) is 0 Å². The van der Waals surface area contributed by atoms with Crippen molar-refractivity contribution in [3.05, 3.63) is 0 Å². The highest BCUT2D eigenvalue weighted by atomic mass is 31.2. The maximum Gasteiger partial charge on any atom is 0.324 e. The summed E-state index contributed by atoms with van der Waals surface area (Å²) in [7, 11) is -2.62. The Morgan fingerprint density at radius 1 is 0.737 bits per heavy atom. The minimum Gasteiger partial charge on any atom is -0.396 e. The lowest BCUT2D eigenvalue weighted by atomic mass is 9.85. The first kappa shape index (κ1) is 21.5. The highest BCUT2D eigenvalue weighted by Gasteiger charge is 2.26. The van der Waals surface area contributed by atoms with E-state index in [0.717, 1.165) is 12.8 Å². The molecule has 7 heteroatoms. The maximum atomic E-state index is 9.10. The summed E-state index contributed by atoms with van der Waals surface area (Å²) in [4.78, 5) is 21.7. The lowest BCUT2D eigenvalue weighted by Crippen LogP contribution is -2.33. The predicted molar refractivity (Wildman–Crippen MR) is 75.3 cm³/mol. The zero-order valence-corrected chi connectivity index (χ0v) is 12.6. The first-order valence-electron chi connectivity index (χ1n) is 6.67.